The Kier molecular flexibility index (Phi) is 3.39. The van der Waals surface area contributed by atoms with Gasteiger partial charge in [0.05, 0.1) is 12.7 Å². The highest BCUT2D eigenvalue weighted by Gasteiger charge is 2.77. The Balaban J connectivity index is 1.69. The van der Waals surface area contributed by atoms with Gasteiger partial charge < -0.3 is 19.3 Å². The molecule has 2 heterocycles. The summed E-state index contributed by atoms with van der Waals surface area (Å²) in [6.07, 6.45) is 3.24. The number of carbonyl (C=O) groups excluding carboxylic acids is 1. The van der Waals surface area contributed by atoms with Crippen molar-refractivity contribution in [3.05, 3.63) is 12.2 Å². The fraction of sp³-hybridized carbons (Fsp3) is 0.857. The molecule has 2 bridgehead atoms. The van der Waals surface area contributed by atoms with Crippen LogP contribution in [-0.2, 0) is 19.0 Å². The average Bonchev–Trinajstić information content (AvgIpc) is 3.10. The molecule has 5 aliphatic rings. The van der Waals surface area contributed by atoms with E-state index in [0.717, 1.165) is 31.3 Å². The Labute approximate surface area is 155 Å². The fourth-order valence-electron chi connectivity index (χ4n) is 7.67. The van der Waals surface area contributed by atoms with Gasteiger partial charge in [0.15, 0.2) is 6.29 Å². The van der Waals surface area contributed by atoms with E-state index in [4.69, 9.17) is 14.2 Å². The molecule has 8 atom stereocenters. The van der Waals surface area contributed by atoms with Crippen LogP contribution in [0.2, 0.25) is 0 Å². The van der Waals surface area contributed by atoms with Gasteiger partial charge >= 0.3 is 5.97 Å². The lowest BCUT2D eigenvalue weighted by Crippen LogP contribution is -2.68. The summed E-state index contributed by atoms with van der Waals surface area (Å²) in [7, 11) is 1.71. The van der Waals surface area contributed by atoms with E-state index in [9.17, 15) is 9.90 Å². The van der Waals surface area contributed by atoms with Crippen molar-refractivity contribution in [1.82, 2.24) is 0 Å². The first-order valence-corrected chi connectivity index (χ1v) is 10.0. The second-order valence-corrected chi connectivity index (χ2v) is 9.98. The second-order valence-electron chi connectivity index (χ2n) is 9.98. The quantitative estimate of drug-likeness (QED) is 0.574. The minimum absolute atomic E-state index is 0.0377. The molecule has 0 unspecified atom stereocenters. The van der Waals surface area contributed by atoms with Gasteiger partial charge in [0, 0.05) is 18.4 Å². The Morgan fingerprint density at radius 2 is 2.04 bits per heavy atom. The van der Waals surface area contributed by atoms with Crippen LogP contribution in [0.5, 0.6) is 0 Å². The van der Waals surface area contributed by atoms with Gasteiger partial charge in [0.1, 0.15) is 11.5 Å². The SMILES string of the molecule is C=C1[C@@H]2CC[C@@H]3[C@](C2)(C(=O)O[C@H]2CCC(C)(C)[C@H]4[C@H](OC)OC[C@@]243)[C@@H]1O. The third-order valence-corrected chi connectivity index (χ3v) is 8.72. The van der Waals surface area contributed by atoms with Gasteiger partial charge in [-0.2, -0.15) is 0 Å². The summed E-state index contributed by atoms with van der Waals surface area (Å²) in [5, 5.41) is 11.1. The molecule has 5 rings (SSSR count). The van der Waals surface area contributed by atoms with E-state index in [1.807, 2.05) is 0 Å². The number of ether oxygens (including phenoxy) is 3. The molecule has 3 saturated carbocycles. The highest BCUT2D eigenvalue weighted by molar-refractivity contribution is 5.81. The third-order valence-electron chi connectivity index (χ3n) is 8.72. The Morgan fingerprint density at radius 1 is 1.27 bits per heavy atom. The smallest absolute Gasteiger partial charge is 0.315 e. The van der Waals surface area contributed by atoms with E-state index in [0.29, 0.717) is 13.0 Å². The molecular weight excluding hydrogens is 332 g/mol. The van der Waals surface area contributed by atoms with Crippen LogP contribution in [0.3, 0.4) is 0 Å². The largest absolute Gasteiger partial charge is 0.461 e. The topological polar surface area (TPSA) is 65.0 Å². The highest BCUT2D eigenvalue weighted by Crippen LogP contribution is 2.72. The van der Waals surface area contributed by atoms with Crippen molar-refractivity contribution in [2.45, 2.75) is 64.4 Å². The van der Waals surface area contributed by atoms with E-state index in [1.54, 1.807) is 7.11 Å². The molecule has 2 aliphatic heterocycles. The van der Waals surface area contributed by atoms with Gasteiger partial charge in [-0.15, -0.1) is 0 Å². The molecule has 2 saturated heterocycles. The van der Waals surface area contributed by atoms with Crippen LogP contribution < -0.4 is 0 Å². The summed E-state index contributed by atoms with van der Waals surface area (Å²) in [5.41, 5.74) is -0.245. The molecule has 0 aromatic rings. The van der Waals surface area contributed by atoms with E-state index < -0.39 is 11.5 Å². The highest BCUT2D eigenvalue weighted by atomic mass is 16.7. The number of carbonyl (C=O) groups is 1. The van der Waals surface area contributed by atoms with Gasteiger partial charge in [0.25, 0.3) is 0 Å². The molecule has 5 heteroatoms. The number of esters is 1. The van der Waals surface area contributed by atoms with Gasteiger partial charge in [-0.05, 0) is 54.9 Å². The number of aliphatic hydroxyl groups excluding tert-OH is 1. The van der Waals surface area contributed by atoms with Crippen LogP contribution in [0.1, 0.15) is 46.0 Å². The van der Waals surface area contributed by atoms with Gasteiger partial charge in [0.2, 0.25) is 0 Å². The molecule has 144 valence electrons. The molecular formula is C21H30O5. The third kappa shape index (κ3) is 1.71. The summed E-state index contributed by atoms with van der Waals surface area (Å²) in [6, 6.07) is 0. The minimum atomic E-state index is -0.839. The molecule has 5 nitrogen and oxygen atoms in total. The van der Waals surface area contributed by atoms with Crippen LogP contribution in [0.25, 0.3) is 0 Å². The standard InChI is InChI=1S/C21H30O5/c1-11-12-5-6-13-20(9-12,16(11)22)18(23)26-14-7-8-19(2,3)15-17(24-4)25-10-21(13,14)15/h12-17,22H,1,5-10H2,2-4H3/t12-,13-,14+,15-,16-,17-,20+,21-/m1/s1. The Morgan fingerprint density at radius 3 is 2.77 bits per heavy atom. The Bertz CT molecular complexity index is 671. The average molecular weight is 362 g/mol. The predicted octanol–water partition coefficient (Wildman–Crippen LogP) is 2.67. The first kappa shape index (κ1) is 17.2. The molecule has 0 radical (unpaired) electrons. The van der Waals surface area contributed by atoms with Crippen molar-refractivity contribution in [3.8, 4) is 0 Å². The fourth-order valence-corrected chi connectivity index (χ4v) is 7.67. The van der Waals surface area contributed by atoms with Crippen LogP contribution in [-0.4, -0.2) is 43.3 Å². The van der Waals surface area contributed by atoms with Gasteiger partial charge in [-0.25, -0.2) is 0 Å². The number of rotatable bonds is 1. The number of methoxy groups -OCH3 is 1. The Hall–Kier alpha value is -0.910. The minimum Gasteiger partial charge on any atom is -0.461 e. The monoisotopic (exact) mass is 362 g/mol. The molecule has 3 aliphatic carbocycles. The zero-order valence-corrected chi connectivity index (χ0v) is 16.0. The normalized spacial score (nSPS) is 54.3. The second kappa shape index (κ2) is 5.12. The number of hydrogen-bond acceptors (Lipinski definition) is 5. The summed E-state index contributed by atoms with van der Waals surface area (Å²) < 4.78 is 18.0. The van der Waals surface area contributed by atoms with Crippen molar-refractivity contribution in [2.75, 3.05) is 13.7 Å². The van der Waals surface area contributed by atoms with Crippen molar-refractivity contribution in [3.63, 3.8) is 0 Å². The molecule has 1 N–H and O–H groups in total. The molecule has 0 aromatic carbocycles. The summed E-state index contributed by atoms with van der Waals surface area (Å²) in [5.74, 6) is 0.258. The van der Waals surface area contributed by atoms with Gasteiger partial charge in [-0.3, -0.25) is 4.79 Å². The summed E-state index contributed by atoms with van der Waals surface area (Å²) in [6.45, 7) is 9.25. The predicted molar refractivity (Wildman–Crippen MR) is 94.0 cm³/mol. The maximum absolute atomic E-state index is 13.2. The first-order chi connectivity index (χ1) is 12.3. The number of aliphatic hydroxyl groups is 1. The number of hydrogen-bond donors (Lipinski definition) is 1. The van der Waals surface area contributed by atoms with Crippen LogP contribution in [0.15, 0.2) is 12.2 Å². The lowest BCUT2D eigenvalue weighted by molar-refractivity contribution is -0.249. The summed E-state index contributed by atoms with van der Waals surface area (Å²) >= 11 is 0. The maximum Gasteiger partial charge on any atom is 0.315 e. The van der Waals surface area contributed by atoms with Crippen molar-refractivity contribution >= 4 is 5.97 Å². The van der Waals surface area contributed by atoms with E-state index >= 15 is 0 Å². The zero-order valence-electron chi connectivity index (χ0n) is 16.0. The molecule has 5 fully saturated rings. The van der Waals surface area contributed by atoms with Crippen molar-refractivity contribution in [1.29, 1.82) is 0 Å². The molecule has 0 amide bonds. The van der Waals surface area contributed by atoms with Crippen LogP contribution in [0, 0.1) is 34.0 Å². The summed E-state index contributed by atoms with van der Waals surface area (Å²) in [4.78, 5) is 13.2. The van der Waals surface area contributed by atoms with Crippen molar-refractivity contribution in [2.24, 2.45) is 34.0 Å². The lowest BCUT2D eigenvalue weighted by Gasteiger charge is -2.62. The van der Waals surface area contributed by atoms with Crippen molar-refractivity contribution < 1.29 is 24.1 Å². The van der Waals surface area contributed by atoms with E-state index in [-0.39, 0.29) is 46.9 Å². The van der Waals surface area contributed by atoms with Crippen LogP contribution >= 0.6 is 0 Å². The number of fused-ring (bicyclic) bond motifs is 1. The van der Waals surface area contributed by atoms with Gasteiger partial charge in [-0.1, -0.05) is 20.4 Å². The first-order valence-electron chi connectivity index (χ1n) is 10.0. The lowest BCUT2D eigenvalue weighted by atomic mass is 9.44. The molecule has 0 aromatic heterocycles. The van der Waals surface area contributed by atoms with E-state index in [1.165, 1.54) is 0 Å². The molecule has 26 heavy (non-hydrogen) atoms. The maximum atomic E-state index is 13.2. The van der Waals surface area contributed by atoms with Crippen LogP contribution in [0.4, 0.5) is 0 Å². The molecule has 2 spiro atoms. The van der Waals surface area contributed by atoms with E-state index in [2.05, 4.69) is 20.4 Å². The zero-order chi connectivity index (χ0) is 18.5.